The Hall–Kier alpha value is 0.150. The molecular formula is C12H26NO2P. The summed E-state index contributed by atoms with van der Waals surface area (Å²) >= 11 is 0. The zero-order valence-corrected chi connectivity index (χ0v) is 12.4. The Morgan fingerprint density at radius 2 is 1.44 bits per heavy atom. The summed E-state index contributed by atoms with van der Waals surface area (Å²) in [5.41, 5.74) is -0.0303. The Labute approximate surface area is 100 Å². The van der Waals surface area contributed by atoms with Crippen molar-refractivity contribution in [2.45, 2.75) is 64.1 Å². The Balaban J connectivity index is 3.28. The molecular weight excluding hydrogens is 221 g/mol. The average molecular weight is 247 g/mol. The van der Waals surface area contributed by atoms with Gasteiger partial charge in [0.25, 0.3) is 0 Å². The van der Waals surface area contributed by atoms with Crippen LogP contribution in [0.3, 0.4) is 0 Å². The molecule has 1 aliphatic rings. The third kappa shape index (κ3) is 2.69. The van der Waals surface area contributed by atoms with Gasteiger partial charge in [0, 0.05) is 19.4 Å². The fraction of sp³-hybridized carbons (Fsp3) is 1.00. The van der Waals surface area contributed by atoms with E-state index in [0.29, 0.717) is 0 Å². The molecule has 0 spiro atoms. The van der Waals surface area contributed by atoms with Gasteiger partial charge in [0.2, 0.25) is 7.51 Å². The molecule has 0 saturated heterocycles. The molecule has 16 heavy (non-hydrogen) atoms. The quantitative estimate of drug-likeness (QED) is 0.675. The third-order valence-corrected chi connectivity index (χ3v) is 7.04. The van der Waals surface area contributed by atoms with Gasteiger partial charge >= 0.3 is 0 Å². The summed E-state index contributed by atoms with van der Waals surface area (Å²) < 4.78 is 16.4. The first-order valence-electron chi connectivity index (χ1n) is 6.04. The van der Waals surface area contributed by atoms with E-state index in [4.69, 9.17) is 13.8 Å². The standard InChI is InChI=1S/C12H26NO2P/c1-11(2)9-7-8-10-12(3,4)16(13-11,14-5)15-6/h7-10H2,1-6H3. The maximum atomic E-state index is 5.74. The van der Waals surface area contributed by atoms with Crippen LogP contribution in [0.25, 0.3) is 0 Å². The highest BCUT2D eigenvalue weighted by atomic mass is 31.2. The number of nitrogens with zero attached hydrogens (tertiary/aromatic N) is 1. The molecule has 1 aliphatic heterocycles. The summed E-state index contributed by atoms with van der Waals surface area (Å²) in [5.74, 6) is 0. The number of rotatable bonds is 2. The van der Waals surface area contributed by atoms with Crippen LogP contribution in [0.5, 0.6) is 0 Å². The van der Waals surface area contributed by atoms with Crippen LogP contribution in [0.1, 0.15) is 53.4 Å². The van der Waals surface area contributed by atoms with Gasteiger partial charge in [-0.25, -0.2) is 4.74 Å². The van der Waals surface area contributed by atoms with Gasteiger partial charge in [-0.15, -0.1) is 0 Å². The Morgan fingerprint density at radius 1 is 0.938 bits per heavy atom. The zero-order chi connectivity index (χ0) is 12.4. The lowest BCUT2D eigenvalue weighted by Gasteiger charge is -2.40. The normalized spacial score (nSPS) is 27.6. The monoisotopic (exact) mass is 247 g/mol. The summed E-state index contributed by atoms with van der Waals surface area (Å²) in [6.07, 6.45) is 4.73. The van der Waals surface area contributed by atoms with E-state index in [2.05, 4.69) is 27.7 Å². The predicted molar refractivity (Wildman–Crippen MR) is 70.0 cm³/mol. The molecule has 0 saturated carbocycles. The minimum atomic E-state index is -2.12. The minimum Gasteiger partial charge on any atom is -0.327 e. The second kappa shape index (κ2) is 4.80. The van der Waals surface area contributed by atoms with Crippen LogP contribution in [0.2, 0.25) is 0 Å². The van der Waals surface area contributed by atoms with E-state index < -0.39 is 7.51 Å². The first-order chi connectivity index (χ1) is 7.29. The predicted octanol–water partition coefficient (Wildman–Crippen LogP) is 4.44. The molecule has 1 heterocycles. The highest BCUT2D eigenvalue weighted by molar-refractivity contribution is 7.58. The molecule has 0 radical (unpaired) electrons. The summed E-state index contributed by atoms with van der Waals surface area (Å²) in [7, 11) is 1.35. The van der Waals surface area contributed by atoms with Crippen molar-refractivity contribution in [3.63, 3.8) is 0 Å². The van der Waals surface area contributed by atoms with Crippen molar-refractivity contribution in [1.29, 1.82) is 0 Å². The lowest BCUT2D eigenvalue weighted by molar-refractivity contribution is 0.278. The molecule has 96 valence electrons. The van der Waals surface area contributed by atoms with E-state index in [-0.39, 0.29) is 10.7 Å². The average Bonchev–Trinajstić information content (AvgIpc) is 2.19. The van der Waals surface area contributed by atoms with Crippen molar-refractivity contribution in [2.24, 2.45) is 4.74 Å². The first-order valence-corrected chi connectivity index (χ1v) is 7.61. The molecule has 4 heteroatoms. The van der Waals surface area contributed by atoms with E-state index in [0.717, 1.165) is 12.8 Å². The number of hydrogen-bond donors (Lipinski definition) is 0. The van der Waals surface area contributed by atoms with Gasteiger partial charge in [-0.1, -0.05) is 26.7 Å². The van der Waals surface area contributed by atoms with E-state index in [1.165, 1.54) is 12.8 Å². The van der Waals surface area contributed by atoms with E-state index in [1.54, 1.807) is 14.2 Å². The minimum absolute atomic E-state index is 0.0220. The van der Waals surface area contributed by atoms with Crippen molar-refractivity contribution in [2.75, 3.05) is 14.2 Å². The van der Waals surface area contributed by atoms with Gasteiger partial charge in [0.05, 0.1) is 5.54 Å². The van der Waals surface area contributed by atoms with Crippen LogP contribution in [-0.2, 0) is 9.05 Å². The molecule has 0 aromatic carbocycles. The maximum Gasteiger partial charge on any atom is 0.218 e. The van der Waals surface area contributed by atoms with Crippen molar-refractivity contribution < 1.29 is 9.05 Å². The highest BCUT2D eigenvalue weighted by Crippen LogP contribution is 2.65. The van der Waals surface area contributed by atoms with Crippen LogP contribution in [0.15, 0.2) is 4.74 Å². The zero-order valence-electron chi connectivity index (χ0n) is 11.5. The van der Waals surface area contributed by atoms with Crippen molar-refractivity contribution in [3.05, 3.63) is 0 Å². The van der Waals surface area contributed by atoms with E-state index >= 15 is 0 Å². The molecule has 0 atom stereocenters. The molecule has 1 rings (SSSR count). The molecule has 0 amide bonds. The Morgan fingerprint density at radius 3 is 1.94 bits per heavy atom. The SMILES string of the molecule is COP1(OC)=NC(C)(C)CCCCC1(C)C. The second-order valence-electron chi connectivity index (χ2n) is 5.82. The maximum absolute atomic E-state index is 5.74. The van der Waals surface area contributed by atoms with E-state index in [9.17, 15) is 0 Å². The van der Waals surface area contributed by atoms with Crippen molar-refractivity contribution in [3.8, 4) is 0 Å². The van der Waals surface area contributed by atoms with Crippen LogP contribution in [-0.4, -0.2) is 24.9 Å². The van der Waals surface area contributed by atoms with Gasteiger partial charge in [-0.3, -0.25) is 0 Å². The smallest absolute Gasteiger partial charge is 0.218 e. The van der Waals surface area contributed by atoms with Crippen LogP contribution in [0.4, 0.5) is 0 Å². The van der Waals surface area contributed by atoms with Gasteiger partial charge in [0.15, 0.2) is 0 Å². The fourth-order valence-electron chi connectivity index (χ4n) is 2.45. The fourth-order valence-corrected chi connectivity index (χ4v) is 5.27. The molecule has 0 N–H and O–H groups in total. The summed E-state index contributed by atoms with van der Waals surface area (Å²) in [5, 5.41) is 0.0220. The van der Waals surface area contributed by atoms with Crippen LogP contribution in [0, 0.1) is 0 Å². The molecule has 0 aromatic heterocycles. The Kier molecular flexibility index (Phi) is 4.26. The molecule has 3 nitrogen and oxygen atoms in total. The third-order valence-electron chi connectivity index (χ3n) is 3.49. The largest absolute Gasteiger partial charge is 0.327 e. The molecule has 0 bridgehead atoms. The molecule has 0 aliphatic carbocycles. The molecule has 0 unspecified atom stereocenters. The number of hydrogen-bond acceptors (Lipinski definition) is 3. The van der Waals surface area contributed by atoms with Crippen LogP contribution >= 0.6 is 7.51 Å². The van der Waals surface area contributed by atoms with Gasteiger partial charge < -0.3 is 9.05 Å². The lowest BCUT2D eigenvalue weighted by Crippen LogP contribution is -2.28. The van der Waals surface area contributed by atoms with Crippen LogP contribution < -0.4 is 0 Å². The molecule has 0 aromatic rings. The summed E-state index contributed by atoms with van der Waals surface area (Å²) in [4.78, 5) is 0. The van der Waals surface area contributed by atoms with Gasteiger partial charge in [0.1, 0.15) is 0 Å². The van der Waals surface area contributed by atoms with Gasteiger partial charge in [-0.2, -0.15) is 0 Å². The second-order valence-corrected chi connectivity index (χ2v) is 9.00. The van der Waals surface area contributed by atoms with Gasteiger partial charge in [-0.05, 0) is 26.7 Å². The molecule has 0 fully saturated rings. The topological polar surface area (TPSA) is 30.8 Å². The van der Waals surface area contributed by atoms with E-state index in [1.807, 2.05) is 0 Å². The van der Waals surface area contributed by atoms with Crippen molar-refractivity contribution >= 4 is 7.51 Å². The highest BCUT2D eigenvalue weighted by Gasteiger charge is 2.41. The van der Waals surface area contributed by atoms with Crippen molar-refractivity contribution in [1.82, 2.24) is 0 Å². The summed E-state index contributed by atoms with van der Waals surface area (Å²) in [6.45, 7) is 8.81. The summed E-state index contributed by atoms with van der Waals surface area (Å²) in [6, 6.07) is 0. The Bertz CT molecular complexity index is 289. The lowest BCUT2D eigenvalue weighted by atomic mass is 9.96. The first kappa shape index (κ1) is 14.2.